The van der Waals surface area contributed by atoms with Crippen molar-refractivity contribution >= 4 is 40.9 Å². The smallest absolute Gasteiger partial charge is 0.230 e. The number of benzene rings is 1. The second kappa shape index (κ2) is 9.06. The van der Waals surface area contributed by atoms with Crippen molar-refractivity contribution in [3.05, 3.63) is 33.8 Å². The molecule has 0 spiro atoms. The summed E-state index contributed by atoms with van der Waals surface area (Å²) < 4.78 is 1.81. The molecule has 1 fully saturated rings. The molecule has 1 N–H and O–H groups in total. The van der Waals surface area contributed by atoms with Gasteiger partial charge in [0.2, 0.25) is 11.1 Å². The van der Waals surface area contributed by atoms with Crippen LogP contribution < -0.4 is 5.32 Å². The number of nitrogens with zero attached hydrogens (tertiary/aromatic N) is 4. The number of amides is 1. The number of rotatable bonds is 9. The van der Waals surface area contributed by atoms with E-state index in [4.69, 9.17) is 23.2 Å². The fraction of sp³-hybridized carbons (Fsp3) is 0.529. The maximum absolute atomic E-state index is 12.3. The van der Waals surface area contributed by atoms with Gasteiger partial charge >= 0.3 is 0 Å². The summed E-state index contributed by atoms with van der Waals surface area (Å²) in [6.45, 7) is 2.66. The molecule has 0 bridgehead atoms. The van der Waals surface area contributed by atoms with Crippen molar-refractivity contribution in [3.8, 4) is 0 Å². The van der Waals surface area contributed by atoms with Gasteiger partial charge in [0.05, 0.1) is 11.8 Å². The monoisotopic (exact) mass is 413 g/mol. The Kier molecular flexibility index (Phi) is 6.78. The molecule has 0 radical (unpaired) electrons. The summed E-state index contributed by atoms with van der Waals surface area (Å²) in [5.41, 5.74) is 1.02. The minimum absolute atomic E-state index is 0.0356. The molecule has 1 heterocycles. The first kappa shape index (κ1) is 19.5. The SMILES string of the molecule is CCCC(CNC(=O)CSc1nnnn1C1CC1)c1ccc(Cl)cc1Cl. The Labute approximate surface area is 167 Å². The highest BCUT2D eigenvalue weighted by molar-refractivity contribution is 7.99. The van der Waals surface area contributed by atoms with Gasteiger partial charge in [-0.25, -0.2) is 4.68 Å². The van der Waals surface area contributed by atoms with Crippen molar-refractivity contribution < 1.29 is 4.79 Å². The first-order valence-corrected chi connectivity index (χ1v) is 10.4. The molecule has 3 rings (SSSR count). The fourth-order valence-corrected chi connectivity index (χ4v) is 4.13. The van der Waals surface area contributed by atoms with Gasteiger partial charge in [-0.3, -0.25) is 4.79 Å². The highest BCUT2D eigenvalue weighted by atomic mass is 35.5. The third-order valence-electron chi connectivity index (χ3n) is 4.27. The Morgan fingerprint density at radius 1 is 1.42 bits per heavy atom. The van der Waals surface area contributed by atoms with E-state index in [9.17, 15) is 4.79 Å². The number of aromatic nitrogens is 4. The maximum Gasteiger partial charge on any atom is 0.230 e. The van der Waals surface area contributed by atoms with Crippen molar-refractivity contribution in [3.63, 3.8) is 0 Å². The lowest BCUT2D eigenvalue weighted by molar-refractivity contribution is -0.118. The van der Waals surface area contributed by atoms with Crippen LogP contribution in [0.5, 0.6) is 0 Å². The predicted octanol–water partition coefficient (Wildman–Crippen LogP) is 4.11. The standard InChI is InChI=1S/C17H21Cl2N5OS/c1-2-3-11(14-7-4-12(18)8-15(14)19)9-20-16(25)10-26-17-21-22-23-24(17)13-5-6-13/h4,7-8,11,13H,2-3,5-6,9-10H2,1H3,(H,20,25). The molecule has 1 atom stereocenters. The molecule has 1 aromatic heterocycles. The average molecular weight is 414 g/mol. The lowest BCUT2D eigenvalue weighted by Gasteiger charge is -2.19. The Morgan fingerprint density at radius 3 is 2.92 bits per heavy atom. The van der Waals surface area contributed by atoms with Crippen LogP contribution >= 0.6 is 35.0 Å². The molecule has 140 valence electrons. The third-order valence-corrected chi connectivity index (χ3v) is 5.77. The second-order valence-corrected chi connectivity index (χ2v) is 8.17. The molecule has 1 aromatic carbocycles. The van der Waals surface area contributed by atoms with Crippen molar-refractivity contribution in [1.82, 2.24) is 25.5 Å². The predicted molar refractivity (Wildman–Crippen MR) is 104 cm³/mol. The van der Waals surface area contributed by atoms with Gasteiger partial charge in [-0.2, -0.15) is 0 Å². The van der Waals surface area contributed by atoms with Gasteiger partial charge in [-0.15, -0.1) is 5.10 Å². The molecule has 0 aliphatic heterocycles. The normalized spacial score (nSPS) is 15.0. The largest absolute Gasteiger partial charge is 0.355 e. The Balaban J connectivity index is 1.53. The van der Waals surface area contributed by atoms with E-state index in [0.29, 0.717) is 33.5 Å². The fourth-order valence-electron chi connectivity index (χ4n) is 2.80. The van der Waals surface area contributed by atoms with E-state index in [1.807, 2.05) is 16.8 Å². The summed E-state index contributed by atoms with van der Waals surface area (Å²) in [7, 11) is 0. The number of halogens is 2. The molecular weight excluding hydrogens is 393 g/mol. The minimum Gasteiger partial charge on any atom is -0.355 e. The van der Waals surface area contributed by atoms with E-state index >= 15 is 0 Å². The number of nitrogens with one attached hydrogen (secondary N) is 1. The van der Waals surface area contributed by atoms with Gasteiger partial charge < -0.3 is 5.32 Å². The van der Waals surface area contributed by atoms with Crippen LogP contribution in [0.25, 0.3) is 0 Å². The summed E-state index contributed by atoms with van der Waals surface area (Å²) >= 11 is 13.7. The molecule has 9 heteroatoms. The van der Waals surface area contributed by atoms with Crippen molar-refractivity contribution in [2.45, 2.75) is 49.7 Å². The molecule has 1 aliphatic carbocycles. The number of hydrogen-bond donors (Lipinski definition) is 1. The van der Waals surface area contributed by atoms with Crippen LogP contribution in [0.2, 0.25) is 10.0 Å². The maximum atomic E-state index is 12.3. The quantitative estimate of drug-likeness (QED) is 0.626. The highest BCUT2D eigenvalue weighted by Gasteiger charge is 2.28. The second-order valence-electron chi connectivity index (χ2n) is 6.38. The lowest BCUT2D eigenvalue weighted by Crippen LogP contribution is -2.30. The number of thioether (sulfide) groups is 1. The van der Waals surface area contributed by atoms with Crippen LogP contribution in [0.15, 0.2) is 23.4 Å². The molecule has 26 heavy (non-hydrogen) atoms. The van der Waals surface area contributed by atoms with E-state index in [2.05, 4.69) is 27.8 Å². The van der Waals surface area contributed by atoms with Gasteiger partial charge in [-0.1, -0.05) is 54.4 Å². The van der Waals surface area contributed by atoms with Gasteiger partial charge in [0.25, 0.3) is 0 Å². The Bertz CT molecular complexity index is 765. The van der Waals surface area contributed by atoms with Gasteiger partial charge in [0, 0.05) is 22.5 Å². The van der Waals surface area contributed by atoms with Gasteiger partial charge in [-0.05, 0) is 47.4 Å². The van der Waals surface area contributed by atoms with E-state index in [0.717, 1.165) is 31.2 Å². The molecule has 1 aliphatic rings. The van der Waals surface area contributed by atoms with Crippen LogP contribution in [-0.2, 0) is 4.79 Å². The van der Waals surface area contributed by atoms with Gasteiger partial charge in [0.1, 0.15) is 0 Å². The van der Waals surface area contributed by atoms with Crippen molar-refractivity contribution in [2.24, 2.45) is 0 Å². The zero-order valence-corrected chi connectivity index (χ0v) is 16.8. The van der Waals surface area contributed by atoms with Gasteiger partial charge in [0.15, 0.2) is 0 Å². The van der Waals surface area contributed by atoms with Crippen molar-refractivity contribution in [2.75, 3.05) is 12.3 Å². The Hall–Kier alpha value is -1.31. The van der Waals surface area contributed by atoms with Crippen LogP contribution in [0.4, 0.5) is 0 Å². The number of hydrogen-bond acceptors (Lipinski definition) is 5. The molecule has 6 nitrogen and oxygen atoms in total. The van der Waals surface area contributed by atoms with E-state index in [-0.39, 0.29) is 11.8 Å². The zero-order valence-electron chi connectivity index (χ0n) is 14.5. The van der Waals surface area contributed by atoms with Crippen LogP contribution in [-0.4, -0.2) is 38.4 Å². The highest BCUT2D eigenvalue weighted by Crippen LogP contribution is 2.36. The number of carbonyl (C=O) groups is 1. The number of carbonyl (C=O) groups excluding carboxylic acids is 1. The summed E-state index contributed by atoms with van der Waals surface area (Å²) in [5.74, 6) is 0.419. The van der Waals surface area contributed by atoms with Crippen LogP contribution in [0.1, 0.15) is 50.1 Å². The summed E-state index contributed by atoms with van der Waals surface area (Å²) in [5, 5.41) is 16.6. The molecule has 2 aromatic rings. The topological polar surface area (TPSA) is 72.7 Å². The molecule has 0 saturated heterocycles. The van der Waals surface area contributed by atoms with Crippen molar-refractivity contribution in [1.29, 1.82) is 0 Å². The summed E-state index contributed by atoms with van der Waals surface area (Å²) in [6, 6.07) is 5.92. The lowest BCUT2D eigenvalue weighted by atomic mass is 9.94. The number of tetrazole rings is 1. The minimum atomic E-state index is -0.0356. The Morgan fingerprint density at radius 2 is 2.23 bits per heavy atom. The summed E-state index contributed by atoms with van der Waals surface area (Å²) in [4.78, 5) is 12.3. The van der Waals surface area contributed by atoms with E-state index in [1.54, 1.807) is 6.07 Å². The van der Waals surface area contributed by atoms with Crippen LogP contribution in [0.3, 0.4) is 0 Å². The summed E-state index contributed by atoms with van der Waals surface area (Å²) in [6.07, 6.45) is 4.15. The third kappa shape index (κ3) is 5.11. The molecule has 1 saturated carbocycles. The van der Waals surface area contributed by atoms with Crippen LogP contribution in [0, 0.1) is 0 Å². The molecule has 1 amide bonds. The van der Waals surface area contributed by atoms with E-state index in [1.165, 1.54) is 11.8 Å². The van der Waals surface area contributed by atoms with E-state index < -0.39 is 0 Å². The first-order chi connectivity index (χ1) is 12.6. The first-order valence-electron chi connectivity index (χ1n) is 8.70. The molecular formula is C17H21Cl2N5OS. The average Bonchev–Trinajstić information content (AvgIpc) is 3.35. The molecule has 1 unspecified atom stereocenters. The zero-order chi connectivity index (χ0) is 18.5.